The number of pyridine rings is 3. The van der Waals surface area contributed by atoms with Crippen molar-refractivity contribution in [1.82, 2.24) is 34.3 Å². The Labute approximate surface area is 260 Å². The van der Waals surface area contributed by atoms with Gasteiger partial charge in [-0.3, -0.25) is 19.2 Å². The molecule has 45 heavy (non-hydrogen) atoms. The Morgan fingerprint density at radius 3 is 2.42 bits per heavy atom. The van der Waals surface area contributed by atoms with Gasteiger partial charge >= 0.3 is 0 Å². The summed E-state index contributed by atoms with van der Waals surface area (Å²) in [6.45, 7) is 3.42. The second-order valence-electron chi connectivity index (χ2n) is 10.9. The Bertz CT molecular complexity index is 2040. The lowest BCUT2D eigenvalue weighted by atomic mass is 10.1. The Balaban J connectivity index is 1.14. The van der Waals surface area contributed by atoms with Crippen LogP contribution >= 0.6 is 0 Å². The van der Waals surface area contributed by atoms with Gasteiger partial charge in [-0.15, -0.1) is 0 Å². The molecule has 1 aliphatic heterocycles. The lowest BCUT2D eigenvalue weighted by Crippen LogP contribution is -2.48. The van der Waals surface area contributed by atoms with Crippen molar-refractivity contribution in [1.29, 1.82) is 5.26 Å². The van der Waals surface area contributed by atoms with Crippen LogP contribution in [0, 0.1) is 11.3 Å². The molecule has 1 saturated heterocycles. The maximum Gasteiger partial charge on any atom is 0.255 e. The first-order chi connectivity index (χ1) is 22.1. The first kappa shape index (κ1) is 27.9. The summed E-state index contributed by atoms with van der Waals surface area (Å²) in [5.74, 6) is 0.953. The summed E-state index contributed by atoms with van der Waals surface area (Å²) < 4.78 is 2.04. The summed E-state index contributed by atoms with van der Waals surface area (Å²) in [5.41, 5.74) is 13.2. The second kappa shape index (κ2) is 12.0. The monoisotopic (exact) mass is 591 g/mol. The van der Waals surface area contributed by atoms with Gasteiger partial charge in [0.25, 0.3) is 5.91 Å². The van der Waals surface area contributed by atoms with Crippen molar-refractivity contribution in [3.63, 3.8) is 0 Å². The van der Waals surface area contributed by atoms with Crippen molar-refractivity contribution in [2.45, 2.75) is 6.54 Å². The van der Waals surface area contributed by atoms with Crippen LogP contribution in [0.2, 0.25) is 0 Å². The maximum atomic E-state index is 13.0. The number of nitrogens with zero attached hydrogens (tertiary/aromatic N) is 8. The van der Waals surface area contributed by atoms with Gasteiger partial charge in [-0.1, -0.05) is 42.5 Å². The van der Waals surface area contributed by atoms with Gasteiger partial charge in [-0.2, -0.15) is 5.26 Å². The van der Waals surface area contributed by atoms with Gasteiger partial charge in [-0.25, -0.2) is 15.0 Å². The number of fused-ring (bicyclic) bond motifs is 1. The van der Waals surface area contributed by atoms with E-state index in [-0.39, 0.29) is 5.91 Å². The van der Waals surface area contributed by atoms with Crippen LogP contribution in [0.5, 0.6) is 0 Å². The highest BCUT2D eigenvalue weighted by atomic mass is 16.2. The molecule has 1 fully saturated rings. The summed E-state index contributed by atoms with van der Waals surface area (Å²) in [5, 5.41) is 9.36. The van der Waals surface area contributed by atoms with E-state index in [0.29, 0.717) is 35.9 Å². The van der Waals surface area contributed by atoms with Crippen LogP contribution in [0.25, 0.3) is 39.5 Å². The standard InChI is InChI=1S/C35H29N9O/c36-21-26-22-38-16-14-28(26)35(45)43-19-17-42(18-20-43)23-24-8-10-27(11-9-24)44-33(29-7-4-15-39-32(29)37)41-31-13-12-30(40-34(31)44)25-5-2-1-3-6-25/h1-16,22H,17-20,23H2,(H2,37,39). The number of imidazole rings is 1. The maximum absolute atomic E-state index is 13.0. The zero-order chi connectivity index (χ0) is 30.8. The summed E-state index contributed by atoms with van der Waals surface area (Å²) in [4.78, 5) is 35.4. The lowest BCUT2D eigenvalue weighted by molar-refractivity contribution is 0.0628. The molecule has 0 aliphatic carbocycles. The minimum Gasteiger partial charge on any atom is -0.383 e. The minimum absolute atomic E-state index is 0.125. The van der Waals surface area contributed by atoms with Gasteiger partial charge in [0.2, 0.25) is 0 Å². The number of carbonyl (C=O) groups is 1. The first-order valence-electron chi connectivity index (χ1n) is 14.7. The number of carbonyl (C=O) groups excluding carboxylic acids is 1. The van der Waals surface area contributed by atoms with E-state index < -0.39 is 0 Å². The van der Waals surface area contributed by atoms with Crippen LogP contribution in [-0.2, 0) is 6.54 Å². The number of hydrogen-bond acceptors (Lipinski definition) is 8. The average Bonchev–Trinajstić information content (AvgIpc) is 3.48. The van der Waals surface area contributed by atoms with Gasteiger partial charge < -0.3 is 10.6 Å². The molecule has 0 saturated carbocycles. The summed E-state index contributed by atoms with van der Waals surface area (Å²) >= 11 is 0. The molecule has 0 atom stereocenters. The molecular weight excluding hydrogens is 562 g/mol. The number of hydrogen-bond donors (Lipinski definition) is 1. The molecule has 0 spiro atoms. The quantitative estimate of drug-likeness (QED) is 0.288. The first-order valence-corrected chi connectivity index (χ1v) is 14.7. The van der Waals surface area contributed by atoms with E-state index in [9.17, 15) is 10.1 Å². The average molecular weight is 592 g/mol. The van der Waals surface area contributed by atoms with Gasteiger partial charge in [0, 0.05) is 62.6 Å². The predicted molar refractivity (Wildman–Crippen MR) is 172 cm³/mol. The summed E-state index contributed by atoms with van der Waals surface area (Å²) in [6.07, 6.45) is 4.66. The molecule has 5 heterocycles. The number of aromatic nitrogens is 5. The third-order valence-corrected chi connectivity index (χ3v) is 8.09. The van der Waals surface area contributed by atoms with E-state index >= 15 is 0 Å². The van der Waals surface area contributed by atoms with Gasteiger partial charge in [0.15, 0.2) is 11.5 Å². The van der Waals surface area contributed by atoms with E-state index in [1.54, 1.807) is 18.5 Å². The van der Waals surface area contributed by atoms with Crippen molar-refractivity contribution in [2.24, 2.45) is 0 Å². The number of piperazine rings is 1. The SMILES string of the molecule is N#Cc1cnccc1C(=O)N1CCN(Cc2ccc(-n3c(-c4cccnc4N)nc4ccc(-c5ccccc5)nc43)cc2)CC1. The smallest absolute Gasteiger partial charge is 0.255 e. The fourth-order valence-electron chi connectivity index (χ4n) is 5.72. The van der Waals surface area contributed by atoms with Crippen molar-refractivity contribution in [2.75, 3.05) is 31.9 Å². The molecule has 0 bridgehead atoms. The molecule has 4 aromatic heterocycles. The molecule has 1 aliphatic rings. The lowest BCUT2D eigenvalue weighted by Gasteiger charge is -2.35. The fourth-order valence-corrected chi connectivity index (χ4v) is 5.72. The molecular formula is C35H29N9O. The number of anilines is 1. The molecule has 7 rings (SSSR count). The number of nitriles is 1. The normalized spacial score (nSPS) is 13.5. The van der Waals surface area contributed by atoms with Crippen molar-refractivity contribution in [3.05, 3.63) is 120 Å². The zero-order valence-electron chi connectivity index (χ0n) is 24.4. The van der Waals surface area contributed by atoms with Crippen molar-refractivity contribution < 1.29 is 4.79 Å². The van der Waals surface area contributed by atoms with Crippen molar-refractivity contribution in [3.8, 4) is 34.4 Å². The topological polar surface area (TPSA) is 130 Å². The number of benzene rings is 2. The number of nitrogen functional groups attached to an aromatic ring is 1. The van der Waals surface area contributed by atoms with Crippen LogP contribution in [0.4, 0.5) is 5.82 Å². The third-order valence-electron chi connectivity index (χ3n) is 8.09. The van der Waals surface area contributed by atoms with E-state index in [1.165, 1.54) is 6.20 Å². The van der Waals surface area contributed by atoms with E-state index in [4.69, 9.17) is 15.7 Å². The molecule has 10 heteroatoms. The number of amides is 1. The molecule has 10 nitrogen and oxygen atoms in total. The summed E-state index contributed by atoms with van der Waals surface area (Å²) in [7, 11) is 0. The second-order valence-corrected chi connectivity index (χ2v) is 10.9. The molecule has 2 aromatic carbocycles. The van der Waals surface area contributed by atoms with Crippen LogP contribution in [-0.4, -0.2) is 66.4 Å². The number of nitrogens with two attached hydrogens (primary N) is 1. The molecule has 0 radical (unpaired) electrons. The van der Waals surface area contributed by atoms with E-state index in [2.05, 4.69) is 45.2 Å². The van der Waals surface area contributed by atoms with Crippen LogP contribution in [0.1, 0.15) is 21.5 Å². The van der Waals surface area contributed by atoms with Gasteiger partial charge in [0.05, 0.1) is 22.4 Å². The van der Waals surface area contributed by atoms with Gasteiger partial charge in [0.1, 0.15) is 17.4 Å². The Morgan fingerprint density at radius 1 is 0.867 bits per heavy atom. The van der Waals surface area contributed by atoms with E-state index in [1.807, 2.05) is 64.1 Å². The van der Waals surface area contributed by atoms with Gasteiger partial charge in [-0.05, 0) is 48.0 Å². The third kappa shape index (κ3) is 5.48. The Hall–Kier alpha value is -5.92. The molecule has 1 amide bonds. The van der Waals surface area contributed by atoms with Crippen molar-refractivity contribution >= 4 is 22.9 Å². The minimum atomic E-state index is -0.125. The predicted octanol–water partition coefficient (Wildman–Crippen LogP) is 4.96. The zero-order valence-corrected chi connectivity index (χ0v) is 24.4. The van der Waals surface area contributed by atoms with E-state index in [0.717, 1.165) is 58.9 Å². The Morgan fingerprint density at radius 2 is 1.67 bits per heavy atom. The molecule has 220 valence electrons. The van der Waals surface area contributed by atoms with Crippen LogP contribution < -0.4 is 5.73 Å². The largest absolute Gasteiger partial charge is 0.383 e. The highest BCUT2D eigenvalue weighted by Crippen LogP contribution is 2.32. The molecule has 0 unspecified atom stereocenters. The highest BCUT2D eigenvalue weighted by molar-refractivity contribution is 5.96. The summed E-state index contributed by atoms with van der Waals surface area (Å²) in [6, 6.07) is 29.9. The highest BCUT2D eigenvalue weighted by Gasteiger charge is 2.24. The van der Waals surface area contributed by atoms with Crippen LogP contribution in [0.3, 0.4) is 0 Å². The fraction of sp³-hybridized carbons (Fsp3) is 0.143. The molecule has 6 aromatic rings. The number of rotatable bonds is 6. The van der Waals surface area contributed by atoms with Crippen LogP contribution in [0.15, 0.2) is 104 Å². The Kier molecular flexibility index (Phi) is 7.43. The molecule has 2 N–H and O–H groups in total.